The molecule has 1 aliphatic heterocycles. The van der Waals surface area contributed by atoms with E-state index in [0.717, 1.165) is 31.9 Å². The molecule has 0 bridgehead atoms. The van der Waals surface area contributed by atoms with Crippen LogP contribution in [0.2, 0.25) is 5.15 Å². The predicted molar refractivity (Wildman–Crippen MR) is 119 cm³/mol. The summed E-state index contributed by atoms with van der Waals surface area (Å²) in [5.74, 6) is -0.700. The Morgan fingerprint density at radius 3 is 2.50 bits per heavy atom. The Labute approximate surface area is 180 Å². The van der Waals surface area contributed by atoms with Gasteiger partial charge in [-0.3, -0.25) is 9.59 Å². The number of piperazine rings is 1. The molecule has 10 heteroatoms. The molecule has 4 N–H and O–H groups in total. The number of amides is 2. The highest BCUT2D eigenvalue weighted by Gasteiger charge is 2.20. The molecule has 160 valence electrons. The van der Waals surface area contributed by atoms with Gasteiger partial charge in [0.1, 0.15) is 0 Å². The van der Waals surface area contributed by atoms with Crippen molar-refractivity contribution in [1.82, 2.24) is 14.9 Å². The lowest BCUT2D eigenvalue weighted by Crippen LogP contribution is -2.44. The van der Waals surface area contributed by atoms with E-state index in [1.807, 2.05) is 19.1 Å². The van der Waals surface area contributed by atoms with Crippen molar-refractivity contribution in [2.45, 2.75) is 20.3 Å². The molecule has 0 radical (unpaired) electrons. The zero-order valence-corrected chi connectivity index (χ0v) is 18.1. The number of likely N-dealkylation sites (N-methyl/N-ethyl adjacent to an activating group) is 1. The van der Waals surface area contributed by atoms with Crippen LogP contribution in [0.5, 0.6) is 0 Å². The minimum atomic E-state index is -0.701. The minimum absolute atomic E-state index is 0.0143. The third kappa shape index (κ3) is 4.98. The third-order valence-electron chi connectivity index (χ3n) is 4.90. The number of hydrogen-bond acceptors (Lipinski definition) is 7. The van der Waals surface area contributed by atoms with Crippen LogP contribution < -0.4 is 21.3 Å². The SMILES string of the molecule is CCc1nc(C(N)=O)c(Nc2ccc(N3CCN(C)CC3)c(NC(C)=O)c2)nc1Cl. The van der Waals surface area contributed by atoms with Crippen LogP contribution in [0.1, 0.15) is 30.0 Å². The Kier molecular flexibility index (Phi) is 6.73. The summed E-state index contributed by atoms with van der Waals surface area (Å²) in [7, 11) is 2.09. The summed E-state index contributed by atoms with van der Waals surface area (Å²) >= 11 is 6.18. The van der Waals surface area contributed by atoms with E-state index in [1.165, 1.54) is 6.92 Å². The van der Waals surface area contributed by atoms with Crippen LogP contribution in [-0.2, 0) is 11.2 Å². The maximum absolute atomic E-state index is 11.9. The number of aromatic nitrogens is 2. The normalized spacial score (nSPS) is 14.5. The number of nitrogens with zero attached hydrogens (tertiary/aromatic N) is 4. The molecule has 1 aromatic carbocycles. The summed E-state index contributed by atoms with van der Waals surface area (Å²) in [6.07, 6.45) is 0.527. The van der Waals surface area contributed by atoms with Crippen molar-refractivity contribution in [2.75, 3.05) is 48.8 Å². The summed E-state index contributed by atoms with van der Waals surface area (Å²) in [5.41, 5.74) is 8.22. The molecule has 1 aliphatic rings. The van der Waals surface area contributed by atoms with Crippen molar-refractivity contribution < 1.29 is 9.59 Å². The molecule has 1 saturated heterocycles. The number of nitrogens with one attached hydrogen (secondary N) is 2. The van der Waals surface area contributed by atoms with Gasteiger partial charge in [-0.25, -0.2) is 9.97 Å². The standard InChI is InChI=1S/C20H26ClN7O2/c1-4-14-18(21)26-20(17(25-14)19(22)30)24-13-5-6-16(15(11-13)23-12(2)29)28-9-7-27(3)8-10-28/h5-6,11H,4,7-10H2,1-3H3,(H2,22,30)(H,23,29)(H,24,26). The smallest absolute Gasteiger partial charge is 0.271 e. The van der Waals surface area contributed by atoms with Gasteiger partial charge in [-0.15, -0.1) is 0 Å². The molecule has 30 heavy (non-hydrogen) atoms. The van der Waals surface area contributed by atoms with E-state index < -0.39 is 5.91 Å². The largest absolute Gasteiger partial charge is 0.367 e. The zero-order valence-electron chi connectivity index (χ0n) is 17.3. The molecule has 0 aliphatic carbocycles. The number of primary amides is 1. The van der Waals surface area contributed by atoms with Crippen LogP contribution in [-0.4, -0.2) is 59.9 Å². The number of rotatable bonds is 6. The Morgan fingerprint density at radius 1 is 1.20 bits per heavy atom. The van der Waals surface area contributed by atoms with Crippen molar-refractivity contribution in [2.24, 2.45) is 5.73 Å². The van der Waals surface area contributed by atoms with Crippen molar-refractivity contribution >= 4 is 46.3 Å². The maximum atomic E-state index is 11.9. The number of benzene rings is 1. The van der Waals surface area contributed by atoms with E-state index in [2.05, 4.69) is 37.4 Å². The molecular formula is C20H26ClN7O2. The van der Waals surface area contributed by atoms with Crippen molar-refractivity contribution in [3.05, 3.63) is 34.7 Å². The summed E-state index contributed by atoms with van der Waals surface area (Å²) < 4.78 is 0. The summed E-state index contributed by atoms with van der Waals surface area (Å²) in [6, 6.07) is 5.58. The summed E-state index contributed by atoms with van der Waals surface area (Å²) in [6.45, 7) is 6.94. The van der Waals surface area contributed by atoms with Gasteiger partial charge in [0.2, 0.25) is 5.91 Å². The molecular weight excluding hydrogens is 406 g/mol. The highest BCUT2D eigenvalue weighted by molar-refractivity contribution is 6.30. The molecule has 1 aromatic heterocycles. The van der Waals surface area contributed by atoms with Gasteiger partial charge in [0.15, 0.2) is 16.7 Å². The Hall–Kier alpha value is -2.91. The first-order valence-corrected chi connectivity index (χ1v) is 10.1. The average Bonchev–Trinajstić information content (AvgIpc) is 2.68. The van der Waals surface area contributed by atoms with Gasteiger partial charge in [0, 0.05) is 38.8 Å². The van der Waals surface area contributed by atoms with E-state index in [9.17, 15) is 9.59 Å². The second-order valence-corrected chi connectivity index (χ2v) is 7.56. The molecule has 2 heterocycles. The van der Waals surface area contributed by atoms with Gasteiger partial charge < -0.3 is 26.2 Å². The third-order valence-corrected chi connectivity index (χ3v) is 5.20. The Balaban J connectivity index is 1.94. The van der Waals surface area contributed by atoms with Crippen molar-refractivity contribution in [3.8, 4) is 0 Å². The second kappa shape index (κ2) is 9.27. The fourth-order valence-electron chi connectivity index (χ4n) is 3.30. The lowest BCUT2D eigenvalue weighted by atomic mass is 10.2. The lowest BCUT2D eigenvalue weighted by molar-refractivity contribution is -0.114. The van der Waals surface area contributed by atoms with E-state index in [-0.39, 0.29) is 22.6 Å². The van der Waals surface area contributed by atoms with E-state index in [4.69, 9.17) is 17.3 Å². The molecule has 3 rings (SSSR count). The van der Waals surface area contributed by atoms with Crippen LogP contribution in [0.3, 0.4) is 0 Å². The van der Waals surface area contributed by atoms with Crippen LogP contribution >= 0.6 is 11.6 Å². The average molecular weight is 432 g/mol. The van der Waals surface area contributed by atoms with Crippen molar-refractivity contribution in [3.63, 3.8) is 0 Å². The molecule has 0 unspecified atom stereocenters. The molecule has 0 spiro atoms. The van der Waals surface area contributed by atoms with Crippen molar-refractivity contribution in [1.29, 1.82) is 0 Å². The van der Waals surface area contributed by atoms with E-state index in [1.54, 1.807) is 6.07 Å². The fraction of sp³-hybridized carbons (Fsp3) is 0.400. The van der Waals surface area contributed by atoms with E-state index in [0.29, 0.717) is 23.5 Å². The minimum Gasteiger partial charge on any atom is -0.367 e. The highest BCUT2D eigenvalue weighted by Crippen LogP contribution is 2.32. The number of anilines is 4. The van der Waals surface area contributed by atoms with Gasteiger partial charge in [-0.2, -0.15) is 0 Å². The molecule has 0 atom stereocenters. The summed E-state index contributed by atoms with van der Waals surface area (Å²) in [4.78, 5) is 36.6. The van der Waals surface area contributed by atoms with Crippen LogP contribution in [0.25, 0.3) is 0 Å². The number of halogens is 1. The first-order chi connectivity index (χ1) is 14.3. The fourth-order valence-corrected chi connectivity index (χ4v) is 3.56. The van der Waals surface area contributed by atoms with Gasteiger partial charge in [0.25, 0.3) is 5.91 Å². The maximum Gasteiger partial charge on any atom is 0.271 e. The first-order valence-electron chi connectivity index (χ1n) is 9.76. The zero-order chi connectivity index (χ0) is 21.8. The van der Waals surface area contributed by atoms with Gasteiger partial charge >= 0.3 is 0 Å². The monoisotopic (exact) mass is 431 g/mol. The van der Waals surface area contributed by atoms with Crippen LogP contribution in [0.4, 0.5) is 22.9 Å². The number of carbonyl (C=O) groups excluding carboxylic acids is 2. The Morgan fingerprint density at radius 2 is 1.90 bits per heavy atom. The number of nitrogens with two attached hydrogens (primary N) is 1. The molecule has 2 aromatic rings. The van der Waals surface area contributed by atoms with Crippen LogP contribution in [0.15, 0.2) is 18.2 Å². The van der Waals surface area contributed by atoms with Gasteiger partial charge in [-0.1, -0.05) is 18.5 Å². The number of aryl methyl sites for hydroxylation is 1. The lowest BCUT2D eigenvalue weighted by Gasteiger charge is -2.35. The van der Waals surface area contributed by atoms with Crippen LogP contribution in [0, 0.1) is 0 Å². The predicted octanol–water partition coefficient (Wildman–Crippen LogP) is 2.25. The second-order valence-electron chi connectivity index (χ2n) is 7.20. The molecule has 0 saturated carbocycles. The summed E-state index contributed by atoms with van der Waals surface area (Å²) in [5, 5.41) is 6.16. The van der Waals surface area contributed by atoms with Gasteiger partial charge in [-0.05, 0) is 31.7 Å². The molecule has 9 nitrogen and oxygen atoms in total. The number of carbonyl (C=O) groups is 2. The highest BCUT2D eigenvalue weighted by atomic mass is 35.5. The quantitative estimate of drug-likeness (QED) is 0.642. The Bertz CT molecular complexity index is 958. The number of hydrogen-bond donors (Lipinski definition) is 3. The first kappa shape index (κ1) is 21.8. The topological polar surface area (TPSA) is 116 Å². The molecule has 2 amide bonds. The van der Waals surface area contributed by atoms with Gasteiger partial charge in [0.05, 0.1) is 17.1 Å². The van der Waals surface area contributed by atoms with E-state index >= 15 is 0 Å². The molecule has 1 fully saturated rings.